The molecule has 7 heteroatoms. The van der Waals surface area contributed by atoms with Crippen molar-refractivity contribution in [2.75, 3.05) is 16.8 Å². The van der Waals surface area contributed by atoms with Crippen LogP contribution in [0.25, 0.3) is 77.4 Å². The van der Waals surface area contributed by atoms with Crippen LogP contribution in [-0.2, 0) is 26.5 Å². The fourth-order valence-corrected chi connectivity index (χ4v) is 11.2. The minimum atomic E-state index is -0.346. The zero-order valence-electron chi connectivity index (χ0n) is 41.2. The molecule has 0 N–H and O–H groups in total. The summed E-state index contributed by atoms with van der Waals surface area (Å²) >= 11 is 0. The maximum Gasteiger partial charge on any atom is 0.140 e. The van der Waals surface area contributed by atoms with Crippen molar-refractivity contribution in [1.29, 1.82) is 0 Å². The molecule has 12 aromatic rings. The van der Waals surface area contributed by atoms with Gasteiger partial charge in [-0.15, -0.1) is 47.0 Å². The molecule has 0 unspecified atom stereocenters. The average molecular weight is 1120 g/mol. The number of hydrogen-bond donors (Lipinski definition) is 0. The summed E-state index contributed by atoms with van der Waals surface area (Å²) < 4.78 is 11.8. The molecule has 1 aliphatic rings. The molecular weight excluding hydrogens is 1070 g/mol. The molecule has 0 bridgehead atoms. The summed E-state index contributed by atoms with van der Waals surface area (Å²) in [5.74, 6) is 2.01. The molecule has 0 spiro atoms. The molecule has 0 aliphatic carbocycles. The van der Waals surface area contributed by atoms with Crippen LogP contribution in [-0.4, -0.2) is 21.2 Å². The number of benzene rings is 9. The van der Waals surface area contributed by atoms with Crippen LogP contribution in [0.3, 0.4) is 0 Å². The van der Waals surface area contributed by atoms with Crippen LogP contribution in [0.15, 0.2) is 206 Å². The van der Waals surface area contributed by atoms with Crippen LogP contribution >= 0.6 is 0 Å². The second-order valence-electron chi connectivity index (χ2n) is 19.4. The first-order valence-electron chi connectivity index (χ1n) is 24.6. The van der Waals surface area contributed by atoms with Gasteiger partial charge in [0.25, 0.3) is 0 Å². The van der Waals surface area contributed by atoms with E-state index in [0.29, 0.717) is 11.5 Å². The van der Waals surface area contributed by atoms with Gasteiger partial charge in [-0.2, -0.15) is 12.7 Å². The molecule has 6 nitrogen and oxygen atoms in total. The Kier molecular flexibility index (Phi) is 11.4. The van der Waals surface area contributed by atoms with Crippen molar-refractivity contribution in [3.8, 4) is 45.3 Å². The third-order valence-corrected chi connectivity index (χ3v) is 14.8. The molecule has 4 heterocycles. The van der Waals surface area contributed by atoms with Gasteiger partial charge in [-0.25, -0.2) is 4.98 Å². The Balaban J connectivity index is 0.00000543. The topological polar surface area (TPSA) is 38.5 Å². The number of para-hydroxylation sites is 5. The van der Waals surface area contributed by atoms with Gasteiger partial charge in [-0.3, -0.25) is 0 Å². The van der Waals surface area contributed by atoms with E-state index >= 15 is 0 Å². The van der Waals surface area contributed by atoms with Crippen LogP contribution in [0.2, 0.25) is 0 Å². The number of hydrogen-bond acceptors (Lipinski definition) is 4. The number of fused-ring (bicyclic) bond motifs is 7. The normalized spacial score (nSPS) is 12.5. The van der Waals surface area contributed by atoms with Crippen LogP contribution < -0.4 is 14.5 Å². The summed E-state index contributed by atoms with van der Waals surface area (Å²) in [7, 11) is 2.08. The molecule has 9 aromatic carbocycles. The smallest absolute Gasteiger partial charge is 0.140 e. The van der Waals surface area contributed by atoms with Crippen molar-refractivity contribution in [2.45, 2.75) is 33.1 Å². The van der Waals surface area contributed by atoms with Gasteiger partial charge in [0.2, 0.25) is 0 Å². The molecule has 0 fully saturated rings. The van der Waals surface area contributed by atoms with E-state index in [1.54, 1.807) is 0 Å². The second-order valence-corrected chi connectivity index (χ2v) is 19.4. The van der Waals surface area contributed by atoms with E-state index in [-0.39, 0.29) is 26.5 Å². The molecule has 1 aliphatic heterocycles. The van der Waals surface area contributed by atoms with Gasteiger partial charge in [0, 0.05) is 83.1 Å². The minimum absolute atomic E-state index is 0. The predicted octanol–water partition coefficient (Wildman–Crippen LogP) is 16.6. The van der Waals surface area contributed by atoms with Crippen molar-refractivity contribution in [3.05, 3.63) is 247 Å². The molecule has 13 rings (SSSR count). The van der Waals surface area contributed by atoms with E-state index in [1.165, 1.54) is 27.5 Å². The van der Waals surface area contributed by atoms with E-state index in [4.69, 9.17) is 9.72 Å². The molecular formula is C66H50N5OPt-3. The third-order valence-electron chi connectivity index (χ3n) is 14.8. The summed E-state index contributed by atoms with van der Waals surface area (Å²) in [6.45, 7) is 11.1. The summed E-state index contributed by atoms with van der Waals surface area (Å²) in [6, 6.07) is 78.7. The Morgan fingerprint density at radius 1 is 0.534 bits per heavy atom. The number of aromatic nitrogens is 3. The van der Waals surface area contributed by atoms with Gasteiger partial charge in [0.1, 0.15) is 5.82 Å². The maximum atomic E-state index is 7.00. The maximum absolute atomic E-state index is 7.00. The van der Waals surface area contributed by atoms with Crippen molar-refractivity contribution in [2.24, 2.45) is 0 Å². The Bertz CT molecular complexity index is 3970. The average Bonchev–Trinajstić information content (AvgIpc) is 4.07. The minimum Gasteiger partial charge on any atom is -0.509 e. The molecule has 358 valence electrons. The largest absolute Gasteiger partial charge is 0.509 e. The van der Waals surface area contributed by atoms with E-state index in [9.17, 15) is 0 Å². The summed E-state index contributed by atoms with van der Waals surface area (Å²) in [5.41, 5.74) is 17.2. The van der Waals surface area contributed by atoms with Crippen LogP contribution in [0.4, 0.5) is 17.1 Å². The second kappa shape index (κ2) is 18.1. The number of aryl methyl sites for hydroxylation is 1. The molecule has 0 atom stereocenters. The fourth-order valence-electron chi connectivity index (χ4n) is 11.2. The van der Waals surface area contributed by atoms with Crippen molar-refractivity contribution >= 4 is 60.7 Å². The molecule has 0 saturated carbocycles. The van der Waals surface area contributed by atoms with Gasteiger partial charge < -0.3 is 23.7 Å². The number of rotatable bonds is 9. The molecule has 3 aromatic heterocycles. The van der Waals surface area contributed by atoms with E-state index < -0.39 is 0 Å². The quantitative estimate of drug-likeness (QED) is 0.135. The molecule has 0 saturated heterocycles. The Hall–Kier alpha value is -8.18. The Morgan fingerprint density at radius 3 is 1.79 bits per heavy atom. The number of nitrogens with zero attached hydrogens (tertiary/aromatic N) is 5. The van der Waals surface area contributed by atoms with Crippen molar-refractivity contribution in [1.82, 2.24) is 14.1 Å². The van der Waals surface area contributed by atoms with E-state index in [1.807, 2.05) is 12.3 Å². The van der Waals surface area contributed by atoms with Gasteiger partial charge >= 0.3 is 0 Å². The first-order chi connectivity index (χ1) is 35.2. The first-order valence-corrected chi connectivity index (χ1v) is 24.6. The molecule has 0 radical (unpaired) electrons. The predicted molar refractivity (Wildman–Crippen MR) is 297 cm³/mol. The van der Waals surface area contributed by atoms with Gasteiger partial charge in [0.15, 0.2) is 0 Å². The zero-order chi connectivity index (χ0) is 48.7. The van der Waals surface area contributed by atoms with Crippen LogP contribution in [0.5, 0.6) is 11.5 Å². The zero-order valence-corrected chi connectivity index (χ0v) is 43.4. The van der Waals surface area contributed by atoms with Crippen molar-refractivity contribution in [3.63, 3.8) is 0 Å². The first kappa shape index (κ1) is 45.9. The van der Waals surface area contributed by atoms with E-state index in [2.05, 4.69) is 267 Å². The SMILES string of the molecule is Cc1cnc(-n2c3[c-]c(Oc4[c-]c(N5[CH-]N(C)c6ccccc65)cc(C(C)(C)c5ccccc5)c4)ccc3c3ccccc32)c(C)c1-n1c2c(-c3ccccc3)cccc2c2cccc(-c3ccccc3)c21.[Pt]. The number of pyridine rings is 1. The number of ether oxygens (including phenoxy) is 1. The summed E-state index contributed by atoms with van der Waals surface area (Å²) in [6.07, 6.45) is 2.04. The van der Waals surface area contributed by atoms with Crippen molar-refractivity contribution < 1.29 is 25.8 Å². The third kappa shape index (κ3) is 7.54. The monoisotopic (exact) mass is 1120 g/mol. The standard InChI is InChI=1S/C66H50N5O.Pt/c1-43-41-67-65(44(2)62(43)71-63-52(45-21-9-6-10-22-45)28-19-30-56(63)57-31-20-29-53(64(57)71)46-23-11-7-12-24-46)70-58-32-16-15-27-54(58)55-36-35-50(40-61(55)70)72-51-38-48(66(3,4)47-25-13-8-14-26-47)37-49(39-51)69-42-68(5)59-33-17-18-34-60(59)69;/h6-38,41-42H,1-5H3;/q-3;. The van der Waals surface area contributed by atoms with Crippen LogP contribution in [0, 0.1) is 32.6 Å². The Morgan fingerprint density at radius 2 is 1.12 bits per heavy atom. The van der Waals surface area contributed by atoms with Gasteiger partial charge in [-0.1, -0.05) is 177 Å². The van der Waals surface area contributed by atoms with Gasteiger partial charge in [0.05, 0.1) is 16.7 Å². The summed E-state index contributed by atoms with van der Waals surface area (Å²) in [5, 5.41) is 4.57. The number of anilines is 3. The molecule has 0 amide bonds. The fraction of sp³-hybridized carbons (Fsp3) is 0.0909. The van der Waals surface area contributed by atoms with Crippen LogP contribution in [0.1, 0.15) is 36.1 Å². The van der Waals surface area contributed by atoms with Gasteiger partial charge in [-0.05, 0) is 72.1 Å². The van der Waals surface area contributed by atoms with E-state index in [0.717, 1.165) is 89.2 Å². The Labute approximate surface area is 440 Å². The summed E-state index contributed by atoms with van der Waals surface area (Å²) in [4.78, 5) is 9.69. The molecule has 73 heavy (non-hydrogen) atoms.